The second kappa shape index (κ2) is 6.86. The summed E-state index contributed by atoms with van der Waals surface area (Å²) in [5.41, 5.74) is 6.75. The number of hydrogen-bond donors (Lipinski definition) is 1. The molecular weight excluding hydrogens is 234 g/mol. The standard InChI is InChI=1S/C13H19NO4/c1-4-18-13(15)8-10(14)9-5-6-11(16-2)12(7-9)17-3/h5-7,10H,4,8,14H2,1-3H3. The Morgan fingerprint density at radius 3 is 2.50 bits per heavy atom. The van der Waals surface area contributed by atoms with E-state index >= 15 is 0 Å². The Kier molecular flexibility index (Phi) is 5.45. The van der Waals surface area contributed by atoms with Crippen molar-refractivity contribution in [3.63, 3.8) is 0 Å². The third-order valence-corrected chi connectivity index (χ3v) is 2.53. The van der Waals surface area contributed by atoms with E-state index in [1.807, 2.05) is 6.07 Å². The van der Waals surface area contributed by atoms with Gasteiger partial charge in [-0.2, -0.15) is 0 Å². The van der Waals surface area contributed by atoms with Gasteiger partial charge in [-0.3, -0.25) is 4.79 Å². The molecule has 1 unspecified atom stereocenters. The maximum atomic E-state index is 11.3. The highest BCUT2D eigenvalue weighted by molar-refractivity contribution is 5.70. The van der Waals surface area contributed by atoms with Crippen molar-refractivity contribution in [1.29, 1.82) is 0 Å². The molecule has 5 heteroatoms. The van der Waals surface area contributed by atoms with Gasteiger partial charge in [-0.1, -0.05) is 6.07 Å². The fraction of sp³-hybridized carbons (Fsp3) is 0.462. The summed E-state index contributed by atoms with van der Waals surface area (Å²) in [6.45, 7) is 2.12. The first-order chi connectivity index (χ1) is 8.62. The fourth-order valence-electron chi connectivity index (χ4n) is 1.60. The molecule has 0 aliphatic heterocycles. The molecule has 0 aliphatic carbocycles. The van der Waals surface area contributed by atoms with E-state index in [1.165, 1.54) is 0 Å². The van der Waals surface area contributed by atoms with Crippen molar-refractivity contribution in [2.45, 2.75) is 19.4 Å². The van der Waals surface area contributed by atoms with Crippen LogP contribution in [0.4, 0.5) is 0 Å². The van der Waals surface area contributed by atoms with Gasteiger partial charge in [0.25, 0.3) is 0 Å². The van der Waals surface area contributed by atoms with Gasteiger partial charge in [-0.25, -0.2) is 0 Å². The average molecular weight is 253 g/mol. The fourth-order valence-corrected chi connectivity index (χ4v) is 1.60. The van der Waals surface area contributed by atoms with Gasteiger partial charge in [-0.05, 0) is 24.6 Å². The molecule has 0 aromatic heterocycles. The van der Waals surface area contributed by atoms with Crippen LogP contribution in [0.2, 0.25) is 0 Å². The third kappa shape index (κ3) is 3.63. The number of methoxy groups -OCH3 is 2. The number of carbonyl (C=O) groups is 1. The molecule has 0 radical (unpaired) electrons. The van der Waals surface area contributed by atoms with Gasteiger partial charge in [0.15, 0.2) is 11.5 Å². The second-order valence-electron chi connectivity index (χ2n) is 3.73. The smallest absolute Gasteiger partial charge is 0.307 e. The predicted molar refractivity (Wildman–Crippen MR) is 67.7 cm³/mol. The minimum atomic E-state index is -0.413. The molecule has 0 heterocycles. The van der Waals surface area contributed by atoms with Crippen molar-refractivity contribution in [3.8, 4) is 11.5 Å². The van der Waals surface area contributed by atoms with Crippen LogP contribution in [0, 0.1) is 0 Å². The molecule has 1 aromatic rings. The van der Waals surface area contributed by atoms with Crippen LogP contribution >= 0.6 is 0 Å². The molecule has 5 nitrogen and oxygen atoms in total. The molecule has 0 amide bonds. The number of ether oxygens (including phenoxy) is 3. The second-order valence-corrected chi connectivity index (χ2v) is 3.73. The Balaban J connectivity index is 2.79. The molecule has 0 saturated heterocycles. The van der Waals surface area contributed by atoms with Crippen LogP contribution in [0.15, 0.2) is 18.2 Å². The lowest BCUT2D eigenvalue weighted by atomic mass is 10.0. The van der Waals surface area contributed by atoms with E-state index in [0.29, 0.717) is 18.1 Å². The molecule has 2 N–H and O–H groups in total. The highest BCUT2D eigenvalue weighted by Gasteiger charge is 2.14. The quantitative estimate of drug-likeness (QED) is 0.781. The molecule has 100 valence electrons. The van der Waals surface area contributed by atoms with Crippen LogP contribution in [0.1, 0.15) is 24.9 Å². The molecular formula is C13H19NO4. The summed E-state index contributed by atoms with van der Waals surface area (Å²) < 4.78 is 15.2. The maximum Gasteiger partial charge on any atom is 0.307 e. The van der Waals surface area contributed by atoms with Crippen LogP contribution < -0.4 is 15.2 Å². The number of hydrogen-bond acceptors (Lipinski definition) is 5. The molecule has 1 atom stereocenters. The van der Waals surface area contributed by atoms with Crippen molar-refractivity contribution in [2.24, 2.45) is 5.73 Å². The van der Waals surface area contributed by atoms with Crippen LogP contribution in [0.25, 0.3) is 0 Å². The van der Waals surface area contributed by atoms with E-state index < -0.39 is 6.04 Å². The van der Waals surface area contributed by atoms with E-state index in [0.717, 1.165) is 5.56 Å². The molecule has 0 bridgehead atoms. The predicted octanol–water partition coefficient (Wildman–Crippen LogP) is 1.66. The summed E-state index contributed by atoms with van der Waals surface area (Å²) in [4.78, 5) is 11.3. The number of rotatable bonds is 6. The Bertz CT molecular complexity index is 406. The number of esters is 1. The summed E-state index contributed by atoms with van der Waals surface area (Å²) in [7, 11) is 3.12. The highest BCUT2D eigenvalue weighted by Crippen LogP contribution is 2.30. The van der Waals surface area contributed by atoms with E-state index in [2.05, 4.69) is 0 Å². The van der Waals surface area contributed by atoms with Gasteiger partial charge in [0.05, 0.1) is 27.2 Å². The third-order valence-electron chi connectivity index (χ3n) is 2.53. The minimum Gasteiger partial charge on any atom is -0.493 e. The number of benzene rings is 1. The molecule has 0 saturated carbocycles. The van der Waals surface area contributed by atoms with Crippen LogP contribution in [-0.4, -0.2) is 26.8 Å². The largest absolute Gasteiger partial charge is 0.493 e. The van der Waals surface area contributed by atoms with E-state index in [4.69, 9.17) is 19.9 Å². The maximum absolute atomic E-state index is 11.3. The zero-order chi connectivity index (χ0) is 13.5. The lowest BCUT2D eigenvalue weighted by molar-refractivity contribution is -0.143. The van der Waals surface area contributed by atoms with E-state index in [9.17, 15) is 4.79 Å². The SMILES string of the molecule is CCOC(=O)CC(N)c1ccc(OC)c(OC)c1. The van der Waals surface area contributed by atoms with Gasteiger partial charge in [0, 0.05) is 6.04 Å². The average Bonchev–Trinajstić information content (AvgIpc) is 2.38. The summed E-state index contributed by atoms with van der Waals surface area (Å²) in [5, 5.41) is 0. The normalized spacial score (nSPS) is 11.8. The van der Waals surface area contributed by atoms with Gasteiger partial charge in [0.2, 0.25) is 0 Å². The van der Waals surface area contributed by atoms with Gasteiger partial charge < -0.3 is 19.9 Å². The Hall–Kier alpha value is -1.75. The Labute approximate surface area is 107 Å². The molecule has 0 aliphatic rings. The summed E-state index contributed by atoms with van der Waals surface area (Å²) in [6.07, 6.45) is 0.142. The van der Waals surface area contributed by atoms with E-state index in [-0.39, 0.29) is 12.4 Å². The first kappa shape index (κ1) is 14.3. The summed E-state index contributed by atoms with van der Waals surface area (Å²) in [6, 6.07) is 4.93. The molecule has 1 rings (SSSR count). The summed E-state index contributed by atoms with van der Waals surface area (Å²) in [5.74, 6) is 0.915. The Morgan fingerprint density at radius 2 is 1.94 bits per heavy atom. The van der Waals surface area contributed by atoms with Crippen LogP contribution in [0.5, 0.6) is 11.5 Å². The van der Waals surface area contributed by atoms with Crippen LogP contribution in [-0.2, 0) is 9.53 Å². The Morgan fingerprint density at radius 1 is 1.28 bits per heavy atom. The first-order valence-corrected chi connectivity index (χ1v) is 5.75. The van der Waals surface area contributed by atoms with Crippen molar-refractivity contribution in [3.05, 3.63) is 23.8 Å². The molecule has 0 spiro atoms. The lowest BCUT2D eigenvalue weighted by Gasteiger charge is -2.14. The van der Waals surface area contributed by atoms with Gasteiger partial charge >= 0.3 is 5.97 Å². The molecule has 1 aromatic carbocycles. The highest BCUT2D eigenvalue weighted by atomic mass is 16.5. The zero-order valence-electron chi connectivity index (χ0n) is 10.9. The van der Waals surface area contributed by atoms with Crippen molar-refractivity contribution in [1.82, 2.24) is 0 Å². The molecule has 0 fully saturated rings. The topological polar surface area (TPSA) is 70.8 Å². The summed E-state index contributed by atoms with van der Waals surface area (Å²) >= 11 is 0. The van der Waals surface area contributed by atoms with Gasteiger partial charge in [-0.15, -0.1) is 0 Å². The first-order valence-electron chi connectivity index (χ1n) is 5.75. The number of nitrogens with two attached hydrogens (primary N) is 1. The lowest BCUT2D eigenvalue weighted by Crippen LogP contribution is -2.17. The van der Waals surface area contributed by atoms with Gasteiger partial charge in [0.1, 0.15) is 0 Å². The monoisotopic (exact) mass is 253 g/mol. The minimum absolute atomic E-state index is 0.142. The van der Waals surface area contributed by atoms with Crippen molar-refractivity contribution >= 4 is 5.97 Å². The molecule has 18 heavy (non-hydrogen) atoms. The van der Waals surface area contributed by atoms with Crippen molar-refractivity contribution < 1.29 is 19.0 Å². The van der Waals surface area contributed by atoms with Crippen LogP contribution in [0.3, 0.4) is 0 Å². The van der Waals surface area contributed by atoms with E-state index in [1.54, 1.807) is 33.3 Å². The zero-order valence-corrected chi connectivity index (χ0v) is 10.9. The van der Waals surface area contributed by atoms with Crippen molar-refractivity contribution in [2.75, 3.05) is 20.8 Å². The number of carbonyl (C=O) groups excluding carboxylic acids is 1.